The first-order valence-electron chi connectivity index (χ1n) is 4.17. The van der Waals surface area contributed by atoms with E-state index in [2.05, 4.69) is 9.71 Å². The van der Waals surface area contributed by atoms with Crippen LogP contribution < -0.4 is 10.5 Å². The molecule has 1 aromatic heterocycles. The molecule has 0 amide bonds. The maximum Gasteiger partial charge on any atom is 0.233 e. The molecule has 5 nitrogen and oxygen atoms in total. The van der Waals surface area contributed by atoms with Crippen LogP contribution in [0.2, 0.25) is 0 Å². The van der Waals surface area contributed by atoms with Crippen LogP contribution in [-0.4, -0.2) is 25.7 Å². The summed E-state index contributed by atoms with van der Waals surface area (Å²) in [6.45, 7) is 1.90. The molecular weight excluding hydrogens is 202 g/mol. The zero-order valence-electron chi connectivity index (χ0n) is 7.90. The Hall–Kier alpha value is -1.14. The minimum absolute atomic E-state index is 0.0750. The number of sulfonamides is 1. The maximum absolute atomic E-state index is 11.3. The van der Waals surface area contributed by atoms with Crippen molar-refractivity contribution < 1.29 is 8.42 Å². The SMILES string of the molecule is Cc1cc(NS(=O)(=O)CCN)ccn1. The number of nitrogens with zero attached hydrogens (tertiary/aromatic N) is 1. The van der Waals surface area contributed by atoms with Gasteiger partial charge in [0.25, 0.3) is 0 Å². The number of hydrogen-bond donors (Lipinski definition) is 2. The van der Waals surface area contributed by atoms with Crippen LogP contribution in [0.3, 0.4) is 0 Å². The van der Waals surface area contributed by atoms with Gasteiger partial charge in [0.05, 0.1) is 11.4 Å². The van der Waals surface area contributed by atoms with E-state index in [-0.39, 0.29) is 12.3 Å². The molecule has 1 rings (SSSR count). The Kier molecular flexibility index (Phi) is 3.43. The molecule has 0 fully saturated rings. The third-order valence-electron chi connectivity index (χ3n) is 1.56. The average molecular weight is 215 g/mol. The third-order valence-corrected chi connectivity index (χ3v) is 2.88. The van der Waals surface area contributed by atoms with Crippen LogP contribution in [0.25, 0.3) is 0 Å². The first-order chi connectivity index (χ1) is 6.53. The fraction of sp³-hybridized carbons (Fsp3) is 0.375. The molecule has 0 aliphatic carbocycles. The van der Waals surface area contributed by atoms with Crippen molar-refractivity contribution in [2.75, 3.05) is 17.0 Å². The molecule has 3 N–H and O–H groups in total. The van der Waals surface area contributed by atoms with Gasteiger partial charge < -0.3 is 5.73 Å². The highest BCUT2D eigenvalue weighted by molar-refractivity contribution is 7.92. The number of hydrogen-bond acceptors (Lipinski definition) is 4. The maximum atomic E-state index is 11.3. The number of pyridine rings is 1. The van der Waals surface area contributed by atoms with Crippen molar-refractivity contribution in [1.29, 1.82) is 0 Å². The highest BCUT2D eigenvalue weighted by Crippen LogP contribution is 2.08. The fourth-order valence-corrected chi connectivity index (χ4v) is 1.89. The van der Waals surface area contributed by atoms with E-state index < -0.39 is 10.0 Å². The second-order valence-electron chi connectivity index (χ2n) is 2.90. The van der Waals surface area contributed by atoms with E-state index in [1.807, 2.05) is 0 Å². The summed E-state index contributed by atoms with van der Waals surface area (Å²) in [6.07, 6.45) is 1.55. The second kappa shape index (κ2) is 4.39. The number of aryl methyl sites for hydroxylation is 1. The summed E-state index contributed by atoms with van der Waals surface area (Å²) in [7, 11) is -3.30. The molecule has 0 radical (unpaired) electrons. The molecule has 6 heteroatoms. The van der Waals surface area contributed by atoms with E-state index in [1.54, 1.807) is 25.3 Å². The van der Waals surface area contributed by atoms with Gasteiger partial charge >= 0.3 is 0 Å². The van der Waals surface area contributed by atoms with Gasteiger partial charge in [0.15, 0.2) is 0 Å². The Labute approximate surface area is 83.4 Å². The highest BCUT2D eigenvalue weighted by atomic mass is 32.2. The lowest BCUT2D eigenvalue weighted by Gasteiger charge is -2.06. The molecule has 0 bridgehead atoms. The van der Waals surface area contributed by atoms with Crippen LogP contribution in [-0.2, 0) is 10.0 Å². The topological polar surface area (TPSA) is 85.1 Å². The predicted octanol–water partition coefficient (Wildman–Crippen LogP) is 0.0904. The first kappa shape index (κ1) is 10.9. The third kappa shape index (κ3) is 3.31. The lowest BCUT2D eigenvalue weighted by atomic mass is 10.3. The van der Waals surface area contributed by atoms with Crippen molar-refractivity contribution in [3.8, 4) is 0 Å². The number of nitrogens with one attached hydrogen (secondary N) is 1. The van der Waals surface area contributed by atoms with Crippen LogP contribution in [0.15, 0.2) is 18.3 Å². The molecule has 0 atom stereocenters. The van der Waals surface area contributed by atoms with Gasteiger partial charge in [0.1, 0.15) is 0 Å². The van der Waals surface area contributed by atoms with Crippen molar-refractivity contribution in [2.45, 2.75) is 6.92 Å². The average Bonchev–Trinajstić information content (AvgIpc) is 2.02. The van der Waals surface area contributed by atoms with Crippen molar-refractivity contribution in [2.24, 2.45) is 5.73 Å². The van der Waals surface area contributed by atoms with E-state index in [1.165, 1.54) is 0 Å². The number of anilines is 1. The fourth-order valence-electron chi connectivity index (χ4n) is 0.995. The number of rotatable bonds is 4. The van der Waals surface area contributed by atoms with Gasteiger partial charge in [-0.25, -0.2) is 8.42 Å². The van der Waals surface area contributed by atoms with Crippen molar-refractivity contribution in [1.82, 2.24) is 4.98 Å². The lowest BCUT2D eigenvalue weighted by molar-refractivity contribution is 0.601. The quantitative estimate of drug-likeness (QED) is 0.745. The Bertz CT molecular complexity index is 403. The first-order valence-corrected chi connectivity index (χ1v) is 5.82. The molecule has 0 aliphatic rings. The zero-order valence-corrected chi connectivity index (χ0v) is 8.71. The smallest absolute Gasteiger partial charge is 0.233 e. The van der Waals surface area contributed by atoms with Crippen molar-refractivity contribution in [3.63, 3.8) is 0 Å². The Morgan fingerprint density at radius 3 is 2.86 bits per heavy atom. The van der Waals surface area contributed by atoms with Gasteiger partial charge in [-0.2, -0.15) is 0 Å². The van der Waals surface area contributed by atoms with Crippen LogP contribution in [0, 0.1) is 6.92 Å². The summed E-state index contributed by atoms with van der Waals surface area (Å²) in [5.74, 6) is -0.0750. The van der Waals surface area contributed by atoms with Gasteiger partial charge in [0.2, 0.25) is 10.0 Å². The van der Waals surface area contributed by atoms with Gasteiger partial charge in [-0.3, -0.25) is 9.71 Å². The summed E-state index contributed by atoms with van der Waals surface area (Å²) in [5, 5.41) is 0. The summed E-state index contributed by atoms with van der Waals surface area (Å²) in [6, 6.07) is 3.26. The Balaban J connectivity index is 2.79. The standard InChI is InChI=1S/C8H13N3O2S/c1-7-6-8(2-4-10-7)11-14(12,13)5-3-9/h2,4,6H,3,5,9H2,1H3,(H,10,11). The molecule has 1 aromatic rings. The van der Waals surface area contributed by atoms with Crippen molar-refractivity contribution in [3.05, 3.63) is 24.0 Å². The molecule has 14 heavy (non-hydrogen) atoms. The Morgan fingerprint density at radius 2 is 2.29 bits per heavy atom. The molecule has 0 unspecified atom stereocenters. The Morgan fingerprint density at radius 1 is 1.57 bits per heavy atom. The van der Waals surface area contributed by atoms with Gasteiger partial charge in [-0.15, -0.1) is 0 Å². The lowest BCUT2D eigenvalue weighted by Crippen LogP contribution is -2.22. The van der Waals surface area contributed by atoms with E-state index in [0.717, 1.165) is 5.69 Å². The predicted molar refractivity (Wildman–Crippen MR) is 55.4 cm³/mol. The second-order valence-corrected chi connectivity index (χ2v) is 4.74. The van der Waals surface area contributed by atoms with Gasteiger partial charge in [0, 0.05) is 18.4 Å². The van der Waals surface area contributed by atoms with Crippen LogP contribution in [0.1, 0.15) is 5.69 Å². The molecule has 78 valence electrons. The minimum Gasteiger partial charge on any atom is -0.329 e. The normalized spacial score (nSPS) is 11.3. The van der Waals surface area contributed by atoms with Crippen molar-refractivity contribution >= 4 is 15.7 Å². The molecule has 1 heterocycles. The minimum atomic E-state index is -3.30. The van der Waals surface area contributed by atoms with Crippen LogP contribution in [0.5, 0.6) is 0 Å². The molecular formula is C8H13N3O2S. The molecule has 0 saturated heterocycles. The summed E-state index contributed by atoms with van der Waals surface area (Å²) < 4.78 is 25.0. The number of nitrogens with two attached hydrogens (primary N) is 1. The highest BCUT2D eigenvalue weighted by Gasteiger charge is 2.08. The summed E-state index contributed by atoms with van der Waals surface area (Å²) in [5.41, 5.74) is 6.45. The van der Waals surface area contributed by atoms with E-state index in [9.17, 15) is 8.42 Å². The van der Waals surface area contributed by atoms with Crippen LogP contribution in [0.4, 0.5) is 5.69 Å². The summed E-state index contributed by atoms with van der Waals surface area (Å²) in [4.78, 5) is 3.96. The molecule has 0 aromatic carbocycles. The molecule has 0 saturated carbocycles. The molecule has 0 spiro atoms. The monoisotopic (exact) mass is 215 g/mol. The zero-order chi connectivity index (χ0) is 10.6. The van der Waals surface area contributed by atoms with Gasteiger partial charge in [-0.05, 0) is 19.1 Å². The largest absolute Gasteiger partial charge is 0.329 e. The van der Waals surface area contributed by atoms with E-state index in [4.69, 9.17) is 5.73 Å². The number of aromatic nitrogens is 1. The molecule has 0 aliphatic heterocycles. The van der Waals surface area contributed by atoms with Crippen LogP contribution >= 0.6 is 0 Å². The van der Waals surface area contributed by atoms with Gasteiger partial charge in [-0.1, -0.05) is 0 Å². The van der Waals surface area contributed by atoms with E-state index >= 15 is 0 Å². The summed E-state index contributed by atoms with van der Waals surface area (Å²) >= 11 is 0. The van der Waals surface area contributed by atoms with E-state index in [0.29, 0.717) is 5.69 Å².